The molecule has 0 unspecified atom stereocenters. The van der Waals surface area contributed by atoms with Crippen molar-refractivity contribution in [3.05, 3.63) is 24.0 Å². The number of carboxylic acid groups (broad SMARTS) is 1. The van der Waals surface area contributed by atoms with Crippen molar-refractivity contribution in [1.29, 1.82) is 0 Å². The van der Waals surface area contributed by atoms with Crippen LogP contribution >= 0.6 is 0 Å². The van der Waals surface area contributed by atoms with Gasteiger partial charge in [0.2, 0.25) is 0 Å². The minimum absolute atomic E-state index is 0.112. The molecule has 4 heteroatoms. The number of anilines is 1. The van der Waals surface area contributed by atoms with Gasteiger partial charge in [0.15, 0.2) is 0 Å². The third-order valence-corrected chi connectivity index (χ3v) is 4.23. The van der Waals surface area contributed by atoms with Gasteiger partial charge in [-0.3, -0.25) is 0 Å². The zero-order chi connectivity index (χ0) is 14.0. The van der Waals surface area contributed by atoms with Crippen LogP contribution < -0.4 is 4.90 Å². The molecule has 1 aliphatic rings. The maximum atomic E-state index is 11.0. The van der Waals surface area contributed by atoms with E-state index in [1.54, 1.807) is 12.3 Å². The second kappa shape index (κ2) is 5.19. The Morgan fingerprint density at radius 3 is 2.63 bits per heavy atom. The Hall–Kier alpha value is -1.58. The molecule has 0 aromatic carbocycles. The highest BCUT2D eigenvalue weighted by Crippen LogP contribution is 2.37. The molecule has 2 rings (SSSR count). The molecule has 0 amide bonds. The lowest BCUT2D eigenvalue weighted by Gasteiger charge is -2.39. The second-order valence-corrected chi connectivity index (χ2v) is 6.21. The third-order valence-electron chi connectivity index (χ3n) is 4.23. The lowest BCUT2D eigenvalue weighted by Crippen LogP contribution is -2.37. The summed E-state index contributed by atoms with van der Waals surface area (Å²) in [5.74, 6) is -0.972. The Morgan fingerprint density at radius 2 is 2.05 bits per heavy atom. The zero-order valence-corrected chi connectivity index (χ0v) is 11.9. The average molecular weight is 262 g/mol. The Morgan fingerprint density at radius 1 is 1.42 bits per heavy atom. The van der Waals surface area contributed by atoms with Crippen molar-refractivity contribution < 1.29 is 9.90 Å². The molecule has 1 aromatic heterocycles. The summed E-state index contributed by atoms with van der Waals surface area (Å²) in [7, 11) is 2.05. The zero-order valence-electron chi connectivity index (χ0n) is 11.9. The van der Waals surface area contributed by atoms with Gasteiger partial charge in [-0.05, 0) is 43.2 Å². The Bertz CT molecular complexity index is 461. The van der Waals surface area contributed by atoms with E-state index >= 15 is 0 Å². The van der Waals surface area contributed by atoms with Crippen LogP contribution in [0.25, 0.3) is 0 Å². The molecule has 0 radical (unpaired) electrons. The molecule has 1 N–H and O–H groups in total. The average Bonchev–Trinajstić information content (AvgIpc) is 2.38. The summed E-state index contributed by atoms with van der Waals surface area (Å²) in [5, 5.41) is 8.99. The van der Waals surface area contributed by atoms with Crippen LogP contribution in [0.2, 0.25) is 0 Å². The van der Waals surface area contributed by atoms with Gasteiger partial charge in [0.1, 0.15) is 5.69 Å². The molecule has 0 spiro atoms. The fourth-order valence-corrected chi connectivity index (χ4v) is 2.74. The molecule has 1 heterocycles. The van der Waals surface area contributed by atoms with Gasteiger partial charge < -0.3 is 10.0 Å². The Balaban J connectivity index is 2.10. The number of hydrogen-bond acceptors (Lipinski definition) is 3. The molecular formula is C15H22N2O2. The standard InChI is InChI=1S/C15H22N2O2/c1-15(2)7-4-11(5-8-15)17(3)12-6-9-16-13(10-12)14(18)19/h6,9-11H,4-5,7-8H2,1-3H3,(H,18,19). The van der Waals surface area contributed by atoms with Gasteiger partial charge in [-0.1, -0.05) is 13.8 Å². The predicted molar refractivity (Wildman–Crippen MR) is 75.6 cm³/mol. The normalized spacial score (nSPS) is 19.1. The SMILES string of the molecule is CN(c1ccnc(C(=O)O)c1)C1CCC(C)(C)CC1. The number of aromatic carboxylic acids is 1. The van der Waals surface area contributed by atoms with Crippen molar-refractivity contribution in [2.24, 2.45) is 5.41 Å². The van der Waals surface area contributed by atoms with Crippen LogP contribution in [0.4, 0.5) is 5.69 Å². The van der Waals surface area contributed by atoms with E-state index < -0.39 is 5.97 Å². The lowest BCUT2D eigenvalue weighted by molar-refractivity contribution is 0.0690. The molecule has 19 heavy (non-hydrogen) atoms. The second-order valence-electron chi connectivity index (χ2n) is 6.21. The first-order chi connectivity index (χ1) is 8.89. The van der Waals surface area contributed by atoms with Gasteiger partial charge in [0.25, 0.3) is 0 Å². The highest BCUT2D eigenvalue weighted by Gasteiger charge is 2.29. The lowest BCUT2D eigenvalue weighted by atomic mass is 9.75. The molecule has 104 valence electrons. The van der Waals surface area contributed by atoms with Crippen molar-refractivity contribution in [3.8, 4) is 0 Å². The van der Waals surface area contributed by atoms with E-state index in [2.05, 4.69) is 23.7 Å². The number of aromatic nitrogens is 1. The number of nitrogens with zero attached hydrogens (tertiary/aromatic N) is 2. The number of hydrogen-bond donors (Lipinski definition) is 1. The molecule has 0 aliphatic heterocycles. The van der Waals surface area contributed by atoms with Crippen molar-refractivity contribution >= 4 is 11.7 Å². The molecular weight excluding hydrogens is 240 g/mol. The fraction of sp³-hybridized carbons (Fsp3) is 0.600. The molecule has 1 saturated carbocycles. The first kappa shape index (κ1) is 13.8. The fourth-order valence-electron chi connectivity index (χ4n) is 2.74. The maximum Gasteiger partial charge on any atom is 0.354 e. The number of pyridine rings is 1. The van der Waals surface area contributed by atoms with Gasteiger partial charge in [0, 0.05) is 25.0 Å². The van der Waals surface area contributed by atoms with E-state index in [0.717, 1.165) is 18.5 Å². The van der Waals surface area contributed by atoms with Crippen LogP contribution in [0.15, 0.2) is 18.3 Å². The maximum absolute atomic E-state index is 11.0. The van der Waals surface area contributed by atoms with Crippen LogP contribution in [0.1, 0.15) is 50.0 Å². The molecule has 0 saturated heterocycles. The summed E-state index contributed by atoms with van der Waals surface area (Å²) < 4.78 is 0. The highest BCUT2D eigenvalue weighted by molar-refractivity contribution is 5.86. The number of carbonyl (C=O) groups is 1. The first-order valence-electron chi connectivity index (χ1n) is 6.81. The Labute approximate surface area is 114 Å². The van der Waals surface area contributed by atoms with Crippen LogP contribution in [0.3, 0.4) is 0 Å². The van der Waals surface area contributed by atoms with Crippen LogP contribution in [0.5, 0.6) is 0 Å². The minimum atomic E-state index is -0.972. The van der Waals surface area contributed by atoms with Crippen molar-refractivity contribution in [3.63, 3.8) is 0 Å². The Kier molecular flexibility index (Phi) is 3.78. The molecule has 0 atom stereocenters. The largest absolute Gasteiger partial charge is 0.477 e. The molecule has 1 aliphatic carbocycles. The van der Waals surface area contributed by atoms with Crippen molar-refractivity contribution in [2.75, 3.05) is 11.9 Å². The predicted octanol–water partition coefficient (Wildman–Crippen LogP) is 3.18. The van der Waals surface area contributed by atoms with E-state index in [4.69, 9.17) is 5.11 Å². The van der Waals surface area contributed by atoms with E-state index in [1.165, 1.54) is 12.8 Å². The summed E-state index contributed by atoms with van der Waals surface area (Å²) >= 11 is 0. The van der Waals surface area contributed by atoms with E-state index in [0.29, 0.717) is 11.5 Å². The van der Waals surface area contributed by atoms with E-state index in [1.807, 2.05) is 13.1 Å². The third kappa shape index (κ3) is 3.25. The monoisotopic (exact) mass is 262 g/mol. The highest BCUT2D eigenvalue weighted by atomic mass is 16.4. The van der Waals surface area contributed by atoms with Crippen LogP contribution in [-0.4, -0.2) is 29.1 Å². The topological polar surface area (TPSA) is 53.4 Å². The molecule has 0 bridgehead atoms. The number of rotatable bonds is 3. The summed E-state index contributed by atoms with van der Waals surface area (Å²) in [6.45, 7) is 4.64. The van der Waals surface area contributed by atoms with Gasteiger partial charge in [-0.2, -0.15) is 0 Å². The van der Waals surface area contributed by atoms with Crippen LogP contribution in [-0.2, 0) is 0 Å². The molecule has 1 fully saturated rings. The van der Waals surface area contributed by atoms with Gasteiger partial charge in [-0.25, -0.2) is 9.78 Å². The summed E-state index contributed by atoms with van der Waals surface area (Å²) in [6.07, 6.45) is 6.34. The van der Waals surface area contributed by atoms with Crippen molar-refractivity contribution in [1.82, 2.24) is 4.98 Å². The van der Waals surface area contributed by atoms with Gasteiger partial charge in [-0.15, -0.1) is 0 Å². The quantitative estimate of drug-likeness (QED) is 0.909. The summed E-state index contributed by atoms with van der Waals surface area (Å²) in [4.78, 5) is 17.0. The van der Waals surface area contributed by atoms with Crippen LogP contribution in [0, 0.1) is 5.41 Å². The van der Waals surface area contributed by atoms with Gasteiger partial charge >= 0.3 is 5.97 Å². The molecule has 1 aromatic rings. The first-order valence-corrected chi connectivity index (χ1v) is 6.81. The van der Waals surface area contributed by atoms with Gasteiger partial charge in [0.05, 0.1) is 0 Å². The molecule has 4 nitrogen and oxygen atoms in total. The summed E-state index contributed by atoms with van der Waals surface area (Å²) in [6, 6.07) is 4.03. The van der Waals surface area contributed by atoms with E-state index in [9.17, 15) is 4.79 Å². The minimum Gasteiger partial charge on any atom is -0.477 e. The smallest absolute Gasteiger partial charge is 0.354 e. The van der Waals surface area contributed by atoms with E-state index in [-0.39, 0.29) is 5.69 Å². The van der Waals surface area contributed by atoms with Crippen molar-refractivity contribution in [2.45, 2.75) is 45.6 Å². The number of carboxylic acids is 1. The summed E-state index contributed by atoms with van der Waals surface area (Å²) in [5.41, 5.74) is 1.50.